The van der Waals surface area contributed by atoms with E-state index in [1.165, 1.54) is 26.9 Å². The largest absolute Gasteiger partial charge is 0.456 e. The maximum Gasteiger partial charge on any atom is 0.166 e. The van der Waals surface area contributed by atoms with Crippen molar-refractivity contribution in [2.75, 3.05) is 0 Å². The van der Waals surface area contributed by atoms with Crippen LogP contribution in [0.4, 0.5) is 0 Å². The number of hydrogen-bond acceptors (Lipinski definition) is 4. The fourth-order valence-corrected chi connectivity index (χ4v) is 11.1. The number of furan rings is 1. The molecule has 330 valence electrons. The molecule has 0 unspecified atom stereocenters. The van der Waals surface area contributed by atoms with Gasteiger partial charge < -0.3 is 13.6 Å². The van der Waals surface area contributed by atoms with Gasteiger partial charge in [-0.3, -0.25) is 0 Å². The molecule has 0 N–H and O–H groups in total. The molecule has 15 rings (SSSR count). The Morgan fingerprint density at radius 2 is 0.901 bits per heavy atom. The Hall–Kier alpha value is -9.65. The van der Waals surface area contributed by atoms with Crippen molar-refractivity contribution < 1.29 is 4.42 Å². The molecule has 4 heterocycles. The maximum atomic E-state index is 6.73. The molecule has 0 saturated heterocycles. The molecule has 0 aliphatic heterocycles. The van der Waals surface area contributed by atoms with Crippen LogP contribution < -0.4 is 0 Å². The summed E-state index contributed by atoms with van der Waals surface area (Å²) in [7, 11) is 0. The molecule has 0 aliphatic carbocycles. The zero-order valence-corrected chi connectivity index (χ0v) is 38.2. The molecule has 0 spiro atoms. The van der Waals surface area contributed by atoms with Crippen molar-refractivity contribution in [2.45, 2.75) is 0 Å². The second-order valence-corrected chi connectivity index (χ2v) is 18.3. The molecule has 0 radical (unpaired) electrons. The van der Waals surface area contributed by atoms with Gasteiger partial charge in [-0.15, -0.1) is 0 Å². The van der Waals surface area contributed by atoms with E-state index in [4.69, 9.17) is 19.4 Å². The van der Waals surface area contributed by atoms with E-state index in [1.807, 2.05) is 18.2 Å². The lowest BCUT2D eigenvalue weighted by Gasteiger charge is -2.16. The lowest BCUT2D eigenvalue weighted by Crippen LogP contribution is -2.04. The second-order valence-electron chi connectivity index (χ2n) is 18.3. The lowest BCUT2D eigenvalue weighted by molar-refractivity contribution is 0.669. The highest BCUT2D eigenvalue weighted by Gasteiger charge is 2.25. The molecule has 71 heavy (non-hydrogen) atoms. The van der Waals surface area contributed by atoms with Gasteiger partial charge >= 0.3 is 0 Å². The van der Waals surface area contributed by atoms with E-state index in [2.05, 4.69) is 228 Å². The first-order chi connectivity index (χ1) is 35.2. The average molecular weight is 906 g/mol. The summed E-state index contributed by atoms with van der Waals surface area (Å²) in [5.74, 6) is 1.69. The third-order valence-corrected chi connectivity index (χ3v) is 14.3. The molecule has 0 aliphatic rings. The van der Waals surface area contributed by atoms with Gasteiger partial charge in [-0.2, -0.15) is 0 Å². The summed E-state index contributed by atoms with van der Waals surface area (Å²) in [5.41, 5.74) is 12.8. The van der Waals surface area contributed by atoms with Crippen molar-refractivity contribution >= 4 is 87.1 Å². The van der Waals surface area contributed by atoms with E-state index >= 15 is 0 Å². The van der Waals surface area contributed by atoms with Gasteiger partial charge in [0.15, 0.2) is 17.5 Å². The van der Waals surface area contributed by atoms with Gasteiger partial charge in [0.25, 0.3) is 0 Å². The van der Waals surface area contributed by atoms with Crippen LogP contribution in [0.15, 0.2) is 241 Å². The van der Waals surface area contributed by atoms with Gasteiger partial charge in [-0.05, 0) is 93.3 Å². The van der Waals surface area contributed by atoms with Crippen LogP contribution in [-0.4, -0.2) is 24.1 Å². The minimum absolute atomic E-state index is 0.537. The van der Waals surface area contributed by atoms with Crippen molar-refractivity contribution in [3.8, 4) is 56.7 Å². The van der Waals surface area contributed by atoms with Gasteiger partial charge in [-0.25, -0.2) is 15.0 Å². The van der Waals surface area contributed by atoms with Crippen LogP contribution in [-0.2, 0) is 0 Å². The average Bonchev–Trinajstić information content (AvgIpc) is 4.09. The van der Waals surface area contributed by atoms with Crippen molar-refractivity contribution in [1.82, 2.24) is 24.1 Å². The molecule has 6 heteroatoms. The number of benzene rings is 11. The number of para-hydroxylation sites is 3. The molecule has 0 saturated carbocycles. The molecule has 0 amide bonds. The summed E-state index contributed by atoms with van der Waals surface area (Å²) in [6.45, 7) is 0. The summed E-state index contributed by atoms with van der Waals surface area (Å²) in [4.78, 5) is 16.6. The minimum Gasteiger partial charge on any atom is -0.456 e. The van der Waals surface area contributed by atoms with E-state index < -0.39 is 0 Å². The molecule has 11 aromatic carbocycles. The predicted octanol–water partition coefficient (Wildman–Crippen LogP) is 16.9. The van der Waals surface area contributed by atoms with Crippen LogP contribution in [0.3, 0.4) is 0 Å². The van der Waals surface area contributed by atoms with Gasteiger partial charge in [0, 0.05) is 54.7 Å². The molecule has 0 atom stereocenters. The number of aromatic nitrogens is 5. The SMILES string of the molecule is c1ccc(-c2ccc(-c3nc(-c4cc5oc6ccccc6c5cc4-n4c5cc6ccccc6cc5c5c6ccccc6ccc54)nc(-c4cccc5c4c4ccccc4n5-c4ccccc4)n3)cc2)cc1. The van der Waals surface area contributed by atoms with Gasteiger partial charge in [0.2, 0.25) is 0 Å². The van der Waals surface area contributed by atoms with Gasteiger partial charge in [-0.1, -0.05) is 176 Å². The molecule has 15 aromatic rings. The smallest absolute Gasteiger partial charge is 0.166 e. The Balaban J connectivity index is 1.06. The first-order valence-electron chi connectivity index (χ1n) is 24.0. The fourth-order valence-electron chi connectivity index (χ4n) is 11.1. The fraction of sp³-hybridized carbons (Fsp3) is 0. The van der Waals surface area contributed by atoms with Crippen molar-refractivity contribution in [3.05, 3.63) is 237 Å². The summed E-state index contributed by atoms with van der Waals surface area (Å²) in [6.07, 6.45) is 0. The summed E-state index contributed by atoms with van der Waals surface area (Å²) < 4.78 is 11.5. The molecular formula is C65H39N5O. The normalized spacial score (nSPS) is 11.9. The van der Waals surface area contributed by atoms with Gasteiger partial charge in [0.1, 0.15) is 11.2 Å². The van der Waals surface area contributed by atoms with Crippen LogP contribution in [0.2, 0.25) is 0 Å². The summed E-state index contributed by atoms with van der Waals surface area (Å²) >= 11 is 0. The first-order valence-corrected chi connectivity index (χ1v) is 24.0. The van der Waals surface area contributed by atoms with E-state index in [9.17, 15) is 0 Å². The Labute approximate surface area is 407 Å². The van der Waals surface area contributed by atoms with Crippen LogP contribution >= 0.6 is 0 Å². The molecule has 0 bridgehead atoms. The van der Waals surface area contributed by atoms with Crippen LogP contribution in [0, 0.1) is 0 Å². The van der Waals surface area contributed by atoms with E-state index in [1.54, 1.807) is 0 Å². The quantitative estimate of drug-likeness (QED) is 0.167. The Morgan fingerprint density at radius 1 is 0.296 bits per heavy atom. The van der Waals surface area contributed by atoms with E-state index in [0.717, 1.165) is 99.4 Å². The first kappa shape index (κ1) is 39.4. The summed E-state index contributed by atoms with van der Waals surface area (Å²) in [6, 6.07) is 83.9. The third-order valence-electron chi connectivity index (χ3n) is 14.3. The molecule has 4 aromatic heterocycles. The zero-order chi connectivity index (χ0) is 46.6. The number of fused-ring (bicyclic) bond motifs is 12. The Morgan fingerprint density at radius 3 is 1.72 bits per heavy atom. The summed E-state index contributed by atoms with van der Waals surface area (Å²) in [5, 5.41) is 11.4. The highest BCUT2D eigenvalue weighted by atomic mass is 16.3. The van der Waals surface area contributed by atoms with E-state index in [0.29, 0.717) is 17.5 Å². The number of nitrogens with zero attached hydrogens (tertiary/aromatic N) is 5. The lowest BCUT2D eigenvalue weighted by atomic mass is 10.0. The Kier molecular flexibility index (Phi) is 8.56. The third kappa shape index (κ3) is 6.11. The molecular weight excluding hydrogens is 867 g/mol. The standard InChI is InChI=1S/C65H39N5O/c1-3-16-40(17-4-1)41-30-32-43(33-31-41)63-66-64(50-26-15-28-55-62(50)49-25-11-13-27-54(49)69(55)46-21-5-2-6-22-46)68-65(67-63)53-39-60-51(48-24-12-14-29-59(48)71-60)38-58(53)70-56-35-34-42-18-9-10-23-47(42)61(56)52-36-44-19-7-8-20-45(44)37-57(52)70/h1-39H. The van der Waals surface area contributed by atoms with Crippen LogP contribution in [0.25, 0.3) is 144 Å². The van der Waals surface area contributed by atoms with E-state index in [-0.39, 0.29) is 0 Å². The topological polar surface area (TPSA) is 61.7 Å². The second kappa shape index (κ2) is 15.4. The molecule has 0 fully saturated rings. The highest BCUT2D eigenvalue weighted by Crippen LogP contribution is 2.44. The van der Waals surface area contributed by atoms with Crippen molar-refractivity contribution in [3.63, 3.8) is 0 Å². The number of hydrogen-bond donors (Lipinski definition) is 0. The highest BCUT2D eigenvalue weighted by molar-refractivity contribution is 6.24. The van der Waals surface area contributed by atoms with Crippen LogP contribution in [0.1, 0.15) is 0 Å². The predicted molar refractivity (Wildman–Crippen MR) is 293 cm³/mol. The zero-order valence-electron chi connectivity index (χ0n) is 38.2. The van der Waals surface area contributed by atoms with Gasteiger partial charge in [0.05, 0.1) is 27.8 Å². The van der Waals surface area contributed by atoms with Crippen molar-refractivity contribution in [2.24, 2.45) is 0 Å². The monoisotopic (exact) mass is 905 g/mol. The molecule has 6 nitrogen and oxygen atoms in total. The Bertz CT molecular complexity index is 4620. The maximum absolute atomic E-state index is 6.73. The number of rotatable bonds is 6. The van der Waals surface area contributed by atoms with Crippen molar-refractivity contribution in [1.29, 1.82) is 0 Å². The minimum atomic E-state index is 0.537. The van der Waals surface area contributed by atoms with Crippen LogP contribution in [0.5, 0.6) is 0 Å².